The van der Waals surface area contributed by atoms with Gasteiger partial charge in [-0.15, -0.1) is 6.42 Å². The summed E-state index contributed by atoms with van der Waals surface area (Å²) in [6.07, 6.45) is 16.0. The maximum atomic E-state index is 17.1. The van der Waals surface area contributed by atoms with Gasteiger partial charge >= 0.3 is 6.01 Å². The Hall–Kier alpha value is -4.15. The summed E-state index contributed by atoms with van der Waals surface area (Å²) in [7, 11) is 0. The van der Waals surface area contributed by atoms with Gasteiger partial charge in [-0.3, -0.25) is 9.88 Å². The minimum absolute atomic E-state index is 0.0313. The van der Waals surface area contributed by atoms with Gasteiger partial charge in [0.05, 0.1) is 37.3 Å². The summed E-state index contributed by atoms with van der Waals surface area (Å²) in [5.41, 5.74) is -1.37. The number of hydrogen-bond acceptors (Lipinski definition) is 10. The van der Waals surface area contributed by atoms with E-state index in [0.717, 1.165) is 71.2 Å². The standard InChI is InChI=1S/C41H47F2N5O5/c1-3-29-32(42)8-7-27-20-28(49)21-30(34(27)29)36-35(43)37-31(22-44-36)38(48-16-19-52-24-40(2,50)23-48)46-39(45-37)53-25-41-12-4-6-33(41)47(14-5-13-41)15-9-26-10-17-51-18-11-26/h1,7-8,20-22,26,33,49-50H,4-6,9-19,23-25H2,2H3/t33-,40+,41-/m1/s1. The van der Waals surface area contributed by atoms with E-state index in [4.69, 9.17) is 25.6 Å². The van der Waals surface area contributed by atoms with Crippen LogP contribution in [0.15, 0.2) is 30.5 Å². The van der Waals surface area contributed by atoms with Gasteiger partial charge < -0.3 is 29.3 Å². The first-order chi connectivity index (χ1) is 25.6. The molecule has 0 unspecified atom stereocenters. The molecule has 0 spiro atoms. The lowest BCUT2D eigenvalue weighted by Gasteiger charge is -2.46. The van der Waals surface area contributed by atoms with E-state index in [1.54, 1.807) is 6.92 Å². The van der Waals surface area contributed by atoms with Crippen molar-refractivity contribution in [2.45, 2.75) is 69.9 Å². The van der Waals surface area contributed by atoms with Gasteiger partial charge in [0, 0.05) is 48.4 Å². The summed E-state index contributed by atoms with van der Waals surface area (Å²) >= 11 is 0. The number of ether oxygens (including phenoxy) is 3. The van der Waals surface area contributed by atoms with E-state index < -0.39 is 17.2 Å². The molecule has 0 bridgehead atoms. The molecule has 3 aliphatic heterocycles. The smallest absolute Gasteiger partial charge is 0.319 e. The summed E-state index contributed by atoms with van der Waals surface area (Å²) in [6, 6.07) is 5.92. The van der Waals surface area contributed by atoms with Crippen molar-refractivity contribution in [3.05, 3.63) is 47.7 Å². The Balaban J connectivity index is 1.18. The first-order valence-corrected chi connectivity index (χ1v) is 18.9. The van der Waals surface area contributed by atoms with Gasteiger partial charge in [-0.05, 0) is 94.5 Å². The minimum atomic E-state index is -1.19. The predicted molar refractivity (Wildman–Crippen MR) is 198 cm³/mol. The van der Waals surface area contributed by atoms with Crippen LogP contribution in [0.25, 0.3) is 32.9 Å². The first-order valence-electron chi connectivity index (χ1n) is 18.9. The van der Waals surface area contributed by atoms with Gasteiger partial charge in [0.15, 0.2) is 5.82 Å². The molecule has 5 heterocycles. The molecule has 3 saturated heterocycles. The fraction of sp³-hybridized carbons (Fsp3) is 0.537. The molecule has 2 aromatic heterocycles. The van der Waals surface area contributed by atoms with Crippen molar-refractivity contribution < 1.29 is 33.2 Å². The molecule has 8 rings (SSSR count). The van der Waals surface area contributed by atoms with Crippen LogP contribution in [0.1, 0.15) is 63.9 Å². The second kappa shape index (κ2) is 14.6. The Labute approximate surface area is 308 Å². The van der Waals surface area contributed by atoms with E-state index in [0.29, 0.717) is 48.3 Å². The highest BCUT2D eigenvalue weighted by Crippen LogP contribution is 2.48. The highest BCUT2D eigenvalue weighted by Gasteiger charge is 2.48. The average Bonchev–Trinajstić information content (AvgIpc) is 3.51. The van der Waals surface area contributed by atoms with Crippen LogP contribution in [-0.4, -0.2) is 101 Å². The lowest BCUT2D eigenvalue weighted by Crippen LogP contribution is -2.52. The number of aromatic nitrogens is 3. The Morgan fingerprint density at radius 3 is 2.72 bits per heavy atom. The Morgan fingerprint density at radius 2 is 1.89 bits per heavy atom. The highest BCUT2D eigenvalue weighted by atomic mass is 19.1. The number of likely N-dealkylation sites (tertiary alicyclic amines) is 1. The molecule has 1 saturated carbocycles. The van der Waals surface area contributed by atoms with Crippen molar-refractivity contribution in [2.24, 2.45) is 11.3 Å². The number of halogens is 2. The van der Waals surface area contributed by atoms with Crippen molar-refractivity contribution in [3.63, 3.8) is 0 Å². The normalized spacial score (nSPS) is 25.7. The summed E-state index contributed by atoms with van der Waals surface area (Å²) in [6.45, 7) is 6.99. The fourth-order valence-corrected chi connectivity index (χ4v) is 9.32. The number of rotatable bonds is 8. The van der Waals surface area contributed by atoms with Crippen molar-refractivity contribution >= 4 is 27.5 Å². The zero-order chi connectivity index (χ0) is 36.7. The van der Waals surface area contributed by atoms with Crippen molar-refractivity contribution in [2.75, 3.05) is 64.1 Å². The molecule has 10 nitrogen and oxygen atoms in total. The van der Waals surface area contributed by atoms with E-state index >= 15 is 4.39 Å². The molecule has 4 fully saturated rings. The molecule has 0 radical (unpaired) electrons. The van der Waals surface area contributed by atoms with Crippen LogP contribution in [0, 0.1) is 35.3 Å². The van der Waals surface area contributed by atoms with E-state index in [1.807, 2.05) is 4.90 Å². The Morgan fingerprint density at radius 1 is 1.06 bits per heavy atom. The van der Waals surface area contributed by atoms with Gasteiger partial charge in [0.25, 0.3) is 0 Å². The fourth-order valence-electron chi connectivity index (χ4n) is 9.32. The van der Waals surface area contributed by atoms with Crippen LogP contribution < -0.4 is 9.64 Å². The van der Waals surface area contributed by atoms with Crippen molar-refractivity contribution in [3.8, 4) is 35.4 Å². The van der Waals surface area contributed by atoms with Gasteiger partial charge in [0.2, 0.25) is 0 Å². The van der Waals surface area contributed by atoms with E-state index in [1.165, 1.54) is 36.9 Å². The number of phenolic OH excluding ortho intramolecular Hbond substituents is 1. The number of β-amino-alcohol motifs (C(OH)–C–C–N with tert-alkyl or cyclic N) is 1. The zero-order valence-corrected chi connectivity index (χ0v) is 30.3. The summed E-state index contributed by atoms with van der Waals surface area (Å²) in [4.78, 5) is 18.6. The van der Waals surface area contributed by atoms with Gasteiger partial charge in [-0.1, -0.05) is 18.4 Å². The number of nitrogens with zero attached hydrogens (tertiary/aromatic N) is 5. The van der Waals surface area contributed by atoms with Gasteiger partial charge in [0.1, 0.15) is 34.2 Å². The highest BCUT2D eigenvalue weighted by molar-refractivity contribution is 6.03. The molecular formula is C41H47F2N5O5. The zero-order valence-electron chi connectivity index (χ0n) is 30.3. The molecular weight excluding hydrogens is 680 g/mol. The monoisotopic (exact) mass is 727 g/mol. The molecule has 12 heteroatoms. The molecule has 53 heavy (non-hydrogen) atoms. The molecule has 2 N–H and O–H groups in total. The number of aliphatic hydroxyl groups is 1. The van der Waals surface area contributed by atoms with Gasteiger partial charge in [-0.25, -0.2) is 8.78 Å². The van der Waals surface area contributed by atoms with Crippen LogP contribution in [0.4, 0.5) is 14.6 Å². The third-order valence-corrected chi connectivity index (χ3v) is 11.9. The topological polar surface area (TPSA) is 113 Å². The van der Waals surface area contributed by atoms with E-state index in [9.17, 15) is 14.6 Å². The molecule has 4 aromatic rings. The van der Waals surface area contributed by atoms with Crippen molar-refractivity contribution in [1.82, 2.24) is 19.9 Å². The number of phenols is 1. The molecule has 3 atom stereocenters. The summed E-state index contributed by atoms with van der Waals surface area (Å²) in [5.74, 6) is 1.88. The number of terminal acetylenes is 1. The summed E-state index contributed by atoms with van der Waals surface area (Å²) < 4.78 is 49.9. The van der Waals surface area contributed by atoms with Crippen LogP contribution >= 0.6 is 0 Å². The Kier molecular flexibility index (Phi) is 9.87. The second-order valence-corrected chi connectivity index (χ2v) is 15.7. The molecule has 2 aromatic carbocycles. The first kappa shape index (κ1) is 35.9. The quantitative estimate of drug-likeness (QED) is 0.203. The molecule has 4 aliphatic rings. The van der Waals surface area contributed by atoms with Crippen LogP contribution in [-0.2, 0) is 9.47 Å². The number of aromatic hydroxyl groups is 1. The van der Waals surface area contributed by atoms with Crippen LogP contribution in [0.3, 0.4) is 0 Å². The largest absolute Gasteiger partial charge is 0.508 e. The third-order valence-electron chi connectivity index (χ3n) is 11.9. The number of anilines is 1. The molecule has 1 aliphatic carbocycles. The molecule has 280 valence electrons. The number of benzene rings is 2. The third kappa shape index (κ3) is 7.00. The lowest BCUT2D eigenvalue weighted by atomic mass is 9.75. The lowest BCUT2D eigenvalue weighted by molar-refractivity contribution is -0.0123. The van der Waals surface area contributed by atoms with Gasteiger partial charge in [-0.2, -0.15) is 9.97 Å². The van der Waals surface area contributed by atoms with Crippen LogP contribution in [0.5, 0.6) is 11.8 Å². The van der Waals surface area contributed by atoms with Crippen LogP contribution in [0.2, 0.25) is 0 Å². The number of hydrogen-bond donors (Lipinski definition) is 2. The number of fused-ring (bicyclic) bond motifs is 3. The number of piperidine rings is 1. The summed E-state index contributed by atoms with van der Waals surface area (Å²) in [5, 5.41) is 22.7. The van der Waals surface area contributed by atoms with E-state index in [2.05, 4.69) is 20.8 Å². The Bertz CT molecular complexity index is 2050. The minimum Gasteiger partial charge on any atom is -0.508 e. The number of pyridine rings is 1. The average molecular weight is 728 g/mol. The SMILES string of the molecule is C#Cc1c(F)ccc2cc(O)cc(-c3ncc4c(N5CCOC[C@@](C)(O)C5)nc(OC[C@]56CCC[C@H]5N(CCC5CCOCC5)CCC6)nc4c3F)c12. The van der Waals surface area contributed by atoms with E-state index in [-0.39, 0.29) is 58.1 Å². The predicted octanol–water partition coefficient (Wildman–Crippen LogP) is 6.23. The maximum Gasteiger partial charge on any atom is 0.319 e. The maximum absolute atomic E-state index is 17.1. The molecule has 0 amide bonds. The second-order valence-electron chi connectivity index (χ2n) is 15.7. The van der Waals surface area contributed by atoms with Crippen molar-refractivity contribution in [1.29, 1.82) is 0 Å².